The Morgan fingerprint density at radius 2 is 1.92 bits per heavy atom. The molecule has 1 aliphatic rings. The van der Waals surface area contributed by atoms with Gasteiger partial charge in [-0.1, -0.05) is 13.0 Å². The molecule has 3 aromatic rings. The number of nitrogens with two attached hydrogens (primary N) is 1. The highest BCUT2D eigenvalue weighted by molar-refractivity contribution is 5.95. The third-order valence-electron chi connectivity index (χ3n) is 6.65. The van der Waals surface area contributed by atoms with Gasteiger partial charge in [0.1, 0.15) is 11.7 Å². The summed E-state index contributed by atoms with van der Waals surface area (Å²) in [5, 5.41) is 10.8. The maximum Gasteiger partial charge on any atom is 0.307 e. The Morgan fingerprint density at radius 1 is 1.19 bits per heavy atom. The van der Waals surface area contributed by atoms with E-state index >= 15 is 0 Å². The number of likely N-dealkylation sites (tertiary alicyclic amines) is 1. The lowest BCUT2D eigenvalue weighted by molar-refractivity contribution is -0.149. The zero-order chi connectivity index (χ0) is 25.7. The first-order valence-electron chi connectivity index (χ1n) is 12.4. The molecule has 1 atom stereocenters. The molecule has 0 spiro atoms. The largest absolute Gasteiger partial charge is 0.466 e. The van der Waals surface area contributed by atoms with Crippen LogP contribution in [-0.2, 0) is 26.3 Å². The van der Waals surface area contributed by atoms with Crippen molar-refractivity contribution in [3.8, 4) is 0 Å². The van der Waals surface area contributed by atoms with Gasteiger partial charge in [-0.2, -0.15) is 0 Å². The van der Waals surface area contributed by atoms with Crippen molar-refractivity contribution in [3.63, 3.8) is 0 Å². The summed E-state index contributed by atoms with van der Waals surface area (Å²) >= 11 is 0. The van der Waals surface area contributed by atoms with E-state index in [4.69, 9.17) is 15.9 Å². The van der Waals surface area contributed by atoms with Crippen LogP contribution in [0.5, 0.6) is 0 Å². The van der Waals surface area contributed by atoms with Crippen LogP contribution in [0.25, 0.3) is 11.0 Å². The minimum atomic E-state index is -1.02. The SMILES string of the molecule is CCCOC(=O)C[C@@](C)(C(=O)N1CCCC1)c1ccc2nc(CNc3ccc(C(=N)N)cc3)[nH]c2c1. The van der Waals surface area contributed by atoms with Gasteiger partial charge in [-0.25, -0.2) is 4.98 Å². The monoisotopic (exact) mass is 490 g/mol. The lowest BCUT2D eigenvalue weighted by Gasteiger charge is -2.32. The third-order valence-corrected chi connectivity index (χ3v) is 6.65. The summed E-state index contributed by atoms with van der Waals surface area (Å²) in [6.45, 7) is 6.03. The third kappa shape index (κ3) is 5.50. The van der Waals surface area contributed by atoms with Crippen LogP contribution >= 0.6 is 0 Å². The number of imidazole rings is 1. The standard InChI is InChI=1S/C27H34N6O3/c1-3-14-36-24(34)16-27(2,26(35)33-12-4-5-13-33)19-8-11-21-22(15-19)32-23(31-21)17-30-20-9-6-18(7-10-20)25(28)29/h6-11,15,30H,3-5,12-14,16-17H2,1-2H3,(H3,28,29)(H,31,32)/t27-/m1/s1. The van der Waals surface area contributed by atoms with E-state index in [1.807, 2.05) is 49.1 Å². The van der Waals surface area contributed by atoms with Gasteiger partial charge in [-0.05, 0) is 68.1 Å². The fraction of sp³-hybridized carbons (Fsp3) is 0.407. The molecule has 0 unspecified atom stereocenters. The fourth-order valence-corrected chi connectivity index (χ4v) is 4.57. The highest BCUT2D eigenvalue weighted by Crippen LogP contribution is 2.33. The number of rotatable bonds is 10. The first-order chi connectivity index (χ1) is 17.3. The number of hydrogen-bond donors (Lipinski definition) is 4. The van der Waals surface area contributed by atoms with Gasteiger partial charge in [0.05, 0.1) is 36.0 Å². The topological polar surface area (TPSA) is 137 Å². The minimum Gasteiger partial charge on any atom is -0.466 e. The van der Waals surface area contributed by atoms with Crippen molar-refractivity contribution in [2.75, 3.05) is 25.0 Å². The Labute approximate surface area is 210 Å². The molecule has 1 fully saturated rings. The Bertz CT molecular complexity index is 1250. The molecule has 0 saturated carbocycles. The normalized spacial score (nSPS) is 15.0. The van der Waals surface area contributed by atoms with Gasteiger partial charge < -0.3 is 25.7 Å². The van der Waals surface area contributed by atoms with Crippen molar-refractivity contribution in [2.45, 2.75) is 51.5 Å². The van der Waals surface area contributed by atoms with E-state index in [2.05, 4.69) is 15.3 Å². The number of anilines is 1. The van der Waals surface area contributed by atoms with Gasteiger partial charge in [-0.3, -0.25) is 15.0 Å². The average molecular weight is 491 g/mol. The number of esters is 1. The number of aromatic amines is 1. The van der Waals surface area contributed by atoms with Crippen LogP contribution < -0.4 is 11.1 Å². The van der Waals surface area contributed by atoms with Crippen LogP contribution in [0, 0.1) is 5.41 Å². The summed E-state index contributed by atoms with van der Waals surface area (Å²) in [5.74, 6) is 0.372. The first-order valence-corrected chi connectivity index (χ1v) is 12.4. The van der Waals surface area contributed by atoms with Gasteiger partial charge in [0, 0.05) is 24.3 Å². The van der Waals surface area contributed by atoms with E-state index in [0.717, 1.165) is 47.4 Å². The summed E-state index contributed by atoms with van der Waals surface area (Å²) in [6, 6.07) is 13.0. The molecule has 190 valence electrons. The van der Waals surface area contributed by atoms with Gasteiger partial charge >= 0.3 is 5.97 Å². The molecule has 1 saturated heterocycles. The van der Waals surface area contributed by atoms with E-state index in [9.17, 15) is 9.59 Å². The number of nitrogen functional groups attached to an aromatic ring is 1. The van der Waals surface area contributed by atoms with E-state index in [-0.39, 0.29) is 24.1 Å². The Balaban J connectivity index is 1.55. The van der Waals surface area contributed by atoms with Gasteiger partial charge in [0.15, 0.2) is 0 Å². The van der Waals surface area contributed by atoms with Crippen LogP contribution in [0.3, 0.4) is 0 Å². The Kier molecular flexibility index (Phi) is 7.57. The predicted molar refractivity (Wildman–Crippen MR) is 140 cm³/mol. The summed E-state index contributed by atoms with van der Waals surface area (Å²) in [5.41, 5.74) is 8.40. The predicted octanol–water partition coefficient (Wildman–Crippen LogP) is 3.68. The number of amidine groups is 1. The van der Waals surface area contributed by atoms with Crippen molar-refractivity contribution in [3.05, 3.63) is 59.4 Å². The molecule has 5 N–H and O–H groups in total. The zero-order valence-corrected chi connectivity index (χ0v) is 20.9. The summed E-state index contributed by atoms with van der Waals surface area (Å²) in [4.78, 5) is 36.1. The fourth-order valence-electron chi connectivity index (χ4n) is 4.57. The summed E-state index contributed by atoms with van der Waals surface area (Å²) < 4.78 is 5.35. The number of carbonyl (C=O) groups excluding carboxylic acids is 2. The van der Waals surface area contributed by atoms with Gasteiger partial charge in [-0.15, -0.1) is 0 Å². The number of hydrogen-bond acceptors (Lipinski definition) is 6. The average Bonchev–Trinajstić information content (AvgIpc) is 3.55. The number of fused-ring (bicyclic) bond motifs is 1. The quantitative estimate of drug-likeness (QED) is 0.194. The number of nitrogens with one attached hydrogen (secondary N) is 3. The highest BCUT2D eigenvalue weighted by Gasteiger charge is 2.41. The second kappa shape index (κ2) is 10.8. The number of ether oxygens (including phenoxy) is 1. The molecule has 4 rings (SSSR count). The molecule has 0 radical (unpaired) electrons. The molecule has 9 heteroatoms. The number of aromatic nitrogens is 2. The maximum atomic E-state index is 13.6. The first kappa shape index (κ1) is 25.2. The number of H-pyrrole nitrogens is 1. The van der Waals surface area contributed by atoms with Crippen LogP contribution in [0.4, 0.5) is 5.69 Å². The molecule has 2 aromatic carbocycles. The summed E-state index contributed by atoms with van der Waals surface area (Å²) in [6.07, 6.45) is 2.69. The van der Waals surface area contributed by atoms with Crippen molar-refractivity contribution in [1.82, 2.24) is 14.9 Å². The van der Waals surface area contributed by atoms with Crippen LogP contribution in [0.15, 0.2) is 42.5 Å². The molecule has 9 nitrogen and oxygen atoms in total. The second-order valence-corrected chi connectivity index (χ2v) is 9.49. The lowest BCUT2D eigenvalue weighted by Crippen LogP contribution is -2.45. The molecule has 1 aliphatic heterocycles. The maximum absolute atomic E-state index is 13.6. The number of carbonyl (C=O) groups is 2. The Hall–Kier alpha value is -3.88. The van der Waals surface area contributed by atoms with Crippen molar-refractivity contribution in [2.24, 2.45) is 5.73 Å². The molecule has 0 bridgehead atoms. The molecule has 2 heterocycles. The van der Waals surface area contributed by atoms with Gasteiger partial charge in [0.25, 0.3) is 0 Å². The van der Waals surface area contributed by atoms with Crippen LogP contribution in [0.1, 0.15) is 56.5 Å². The molecule has 0 aliphatic carbocycles. The lowest BCUT2D eigenvalue weighted by atomic mass is 9.78. The molecular formula is C27H34N6O3. The van der Waals surface area contributed by atoms with Crippen molar-refractivity contribution >= 4 is 34.4 Å². The molecule has 36 heavy (non-hydrogen) atoms. The highest BCUT2D eigenvalue weighted by atomic mass is 16.5. The van der Waals surface area contributed by atoms with E-state index in [0.29, 0.717) is 31.8 Å². The molecule has 1 amide bonds. The zero-order valence-electron chi connectivity index (χ0n) is 20.9. The number of amides is 1. The van der Waals surface area contributed by atoms with Gasteiger partial charge in [0.2, 0.25) is 5.91 Å². The van der Waals surface area contributed by atoms with Crippen molar-refractivity contribution in [1.29, 1.82) is 5.41 Å². The minimum absolute atomic E-state index is 0.00729. The van der Waals surface area contributed by atoms with E-state index in [1.54, 1.807) is 12.1 Å². The summed E-state index contributed by atoms with van der Waals surface area (Å²) in [7, 11) is 0. The molecule has 1 aromatic heterocycles. The smallest absolute Gasteiger partial charge is 0.307 e. The number of benzene rings is 2. The van der Waals surface area contributed by atoms with Crippen molar-refractivity contribution < 1.29 is 14.3 Å². The van der Waals surface area contributed by atoms with Crippen LogP contribution in [0.2, 0.25) is 0 Å². The van der Waals surface area contributed by atoms with E-state index in [1.165, 1.54) is 0 Å². The van der Waals surface area contributed by atoms with E-state index < -0.39 is 5.41 Å². The molecular weight excluding hydrogens is 456 g/mol. The Morgan fingerprint density at radius 3 is 2.58 bits per heavy atom. The second-order valence-electron chi connectivity index (χ2n) is 9.49. The van der Waals surface area contributed by atoms with Crippen LogP contribution in [-0.4, -0.2) is 52.3 Å². The number of nitrogens with zero attached hydrogens (tertiary/aromatic N) is 2.